The molecule has 62 heavy (non-hydrogen) atoms. The summed E-state index contributed by atoms with van der Waals surface area (Å²) in [7, 11) is 1.15. The second-order valence-corrected chi connectivity index (χ2v) is 15.9. The van der Waals surface area contributed by atoms with Crippen molar-refractivity contribution in [3.8, 4) is 0 Å². The van der Waals surface area contributed by atoms with E-state index in [4.69, 9.17) is 4.74 Å². The van der Waals surface area contributed by atoms with Crippen molar-refractivity contribution < 1.29 is 43.4 Å². The quantitative estimate of drug-likeness (QED) is 0.0625. The Hall–Kier alpha value is -6.36. The van der Waals surface area contributed by atoms with Gasteiger partial charge in [0.25, 0.3) is 0 Å². The molecule has 6 N–H and O–H groups in total. The van der Waals surface area contributed by atoms with Crippen LogP contribution in [0.3, 0.4) is 0 Å². The fraction of sp³-hybridized carbons (Fsp3) is 0.467. The van der Waals surface area contributed by atoms with E-state index in [1.807, 2.05) is 38.1 Å². The monoisotopic (exact) mass is 856 g/mol. The maximum atomic E-state index is 14.1. The first-order valence-electron chi connectivity index (χ1n) is 21.0. The number of hydrogen-bond donors (Lipinski definition) is 6. The van der Waals surface area contributed by atoms with E-state index in [0.717, 1.165) is 25.5 Å². The molecule has 0 unspecified atom stereocenters. The molecular formula is C45H60N8O9. The topological polar surface area (TPSA) is 228 Å². The molecular weight excluding hydrogens is 797 g/mol. The molecule has 334 valence electrons. The minimum atomic E-state index is -1.44. The summed E-state index contributed by atoms with van der Waals surface area (Å²) in [6, 6.07) is 15.4. The number of carboxylic acids is 1. The number of aryl methyl sites for hydroxylation is 1. The van der Waals surface area contributed by atoms with Gasteiger partial charge in [-0.05, 0) is 99.9 Å². The van der Waals surface area contributed by atoms with Crippen LogP contribution >= 0.6 is 0 Å². The molecule has 2 heterocycles. The Labute approximate surface area is 362 Å². The zero-order valence-electron chi connectivity index (χ0n) is 36.1. The standard InChI is InChI=1S/C45H60N8O9/c1-29(2)41(44(60)53-24-12-14-31(53)4)51-43(59)37(26-40(57)62-5)49-42(58)36(17-9-11-23-52(28-39(55)56)27-34-15-8-10-22-46-34)48-38(54)25-32-18-20-33(21-19-32)47-45(61)50-35-16-7-6-13-30(35)3/h6-8,10,13,15-16,18-22,29,31,36-37,41H,9,11-12,14,17,23-28H2,1-5H3,(H,48,54)(H,49,58)(H,51,59)(H,55,56)(H2,47,50,61)/t31-,36+,37+,41+/m1/s1. The van der Waals surface area contributed by atoms with Crippen LogP contribution in [-0.2, 0) is 46.5 Å². The number of nitrogens with zero attached hydrogens (tertiary/aromatic N) is 3. The van der Waals surface area contributed by atoms with Gasteiger partial charge in [-0.25, -0.2) is 4.79 Å². The first-order chi connectivity index (χ1) is 29.6. The normalized spacial score (nSPS) is 15.0. The fourth-order valence-electron chi connectivity index (χ4n) is 7.15. The van der Waals surface area contributed by atoms with Crippen molar-refractivity contribution in [3.05, 3.63) is 89.7 Å². The number of esters is 1. The molecule has 1 aliphatic heterocycles. The Morgan fingerprint density at radius 2 is 1.60 bits per heavy atom. The SMILES string of the molecule is COC(=O)C[C@H](NC(=O)[C@H](CCCCN(CC(=O)O)Cc1ccccn1)NC(=O)Cc1ccc(NC(=O)Nc2ccccc2C)cc1)C(=O)N[C@H](C(=O)N1CCC[C@H]1C)C(C)C. The average Bonchev–Trinajstić information content (AvgIpc) is 3.67. The largest absolute Gasteiger partial charge is 0.480 e. The van der Waals surface area contributed by atoms with Gasteiger partial charge in [-0.3, -0.25) is 38.7 Å². The number of amides is 6. The maximum absolute atomic E-state index is 14.1. The van der Waals surface area contributed by atoms with Crippen LogP contribution in [0.15, 0.2) is 72.9 Å². The van der Waals surface area contributed by atoms with Gasteiger partial charge in [0.15, 0.2) is 0 Å². The summed E-state index contributed by atoms with van der Waals surface area (Å²) in [5.74, 6) is -4.34. The smallest absolute Gasteiger partial charge is 0.323 e. The summed E-state index contributed by atoms with van der Waals surface area (Å²) in [5.41, 5.74) is 3.34. The molecule has 4 rings (SSSR count). The molecule has 1 aliphatic rings. The molecule has 1 saturated heterocycles. The molecule has 0 radical (unpaired) electrons. The summed E-state index contributed by atoms with van der Waals surface area (Å²) in [5, 5.41) is 23.3. The van der Waals surface area contributed by atoms with Crippen LogP contribution in [0.1, 0.15) is 76.1 Å². The highest BCUT2D eigenvalue weighted by atomic mass is 16.5. The summed E-state index contributed by atoms with van der Waals surface area (Å²) in [6.45, 7) is 8.39. The molecule has 1 aromatic heterocycles. The van der Waals surface area contributed by atoms with Crippen molar-refractivity contribution in [2.24, 2.45) is 5.92 Å². The van der Waals surface area contributed by atoms with Gasteiger partial charge in [-0.15, -0.1) is 0 Å². The van der Waals surface area contributed by atoms with Crippen molar-refractivity contribution in [2.45, 2.75) is 103 Å². The molecule has 4 atom stereocenters. The molecule has 3 aromatic rings. The van der Waals surface area contributed by atoms with Crippen molar-refractivity contribution in [2.75, 3.05) is 37.4 Å². The van der Waals surface area contributed by atoms with Gasteiger partial charge in [0.2, 0.25) is 23.6 Å². The van der Waals surface area contributed by atoms with E-state index in [0.29, 0.717) is 55.1 Å². The Balaban J connectivity index is 1.47. The van der Waals surface area contributed by atoms with Crippen LogP contribution < -0.4 is 26.6 Å². The number of nitrogens with one attached hydrogen (secondary N) is 5. The summed E-state index contributed by atoms with van der Waals surface area (Å²) in [4.78, 5) is 99.5. The van der Waals surface area contributed by atoms with Gasteiger partial charge >= 0.3 is 18.0 Å². The first-order valence-corrected chi connectivity index (χ1v) is 21.0. The number of anilines is 2. The fourth-order valence-corrected chi connectivity index (χ4v) is 7.15. The van der Waals surface area contributed by atoms with Crippen LogP contribution in [0.5, 0.6) is 0 Å². The number of pyridine rings is 1. The summed E-state index contributed by atoms with van der Waals surface area (Å²) in [6.07, 6.45) is 3.57. The molecule has 1 fully saturated rings. The second kappa shape index (κ2) is 24.2. The molecule has 6 amide bonds. The molecule has 0 aliphatic carbocycles. The van der Waals surface area contributed by atoms with E-state index in [1.54, 1.807) is 72.3 Å². The van der Waals surface area contributed by atoms with Gasteiger partial charge in [0.05, 0.1) is 32.2 Å². The Morgan fingerprint density at radius 3 is 2.23 bits per heavy atom. The number of para-hydroxylation sites is 1. The van der Waals surface area contributed by atoms with Gasteiger partial charge in [0, 0.05) is 36.7 Å². The van der Waals surface area contributed by atoms with Crippen LogP contribution in [-0.4, -0.2) is 112 Å². The number of urea groups is 1. The second-order valence-electron chi connectivity index (χ2n) is 15.9. The van der Waals surface area contributed by atoms with Gasteiger partial charge in [-0.2, -0.15) is 0 Å². The minimum Gasteiger partial charge on any atom is -0.480 e. The number of rotatable bonds is 22. The zero-order valence-corrected chi connectivity index (χ0v) is 36.1. The van der Waals surface area contributed by atoms with E-state index in [2.05, 4.69) is 31.6 Å². The van der Waals surface area contributed by atoms with Crippen molar-refractivity contribution in [1.29, 1.82) is 0 Å². The minimum absolute atomic E-state index is 0.00668. The van der Waals surface area contributed by atoms with Crippen LogP contribution in [0.4, 0.5) is 16.2 Å². The molecule has 0 spiro atoms. The highest BCUT2D eigenvalue weighted by Crippen LogP contribution is 2.20. The lowest BCUT2D eigenvalue weighted by molar-refractivity contribution is -0.144. The van der Waals surface area contributed by atoms with Crippen LogP contribution in [0.25, 0.3) is 0 Å². The number of carbonyl (C=O) groups excluding carboxylic acids is 6. The number of ether oxygens (including phenoxy) is 1. The number of aliphatic carboxylic acids is 1. The number of carbonyl (C=O) groups is 7. The predicted octanol–water partition coefficient (Wildman–Crippen LogP) is 4.02. The first kappa shape index (κ1) is 48.3. The third kappa shape index (κ3) is 15.6. The number of methoxy groups -OCH3 is 1. The highest BCUT2D eigenvalue weighted by Gasteiger charge is 2.36. The number of carboxylic acid groups (broad SMARTS) is 1. The molecule has 0 bridgehead atoms. The zero-order chi connectivity index (χ0) is 45.2. The van der Waals surface area contributed by atoms with E-state index < -0.39 is 60.2 Å². The summed E-state index contributed by atoms with van der Waals surface area (Å²) >= 11 is 0. The Bertz CT molecular complexity index is 2000. The molecule has 17 heteroatoms. The predicted molar refractivity (Wildman–Crippen MR) is 233 cm³/mol. The number of hydrogen-bond acceptors (Lipinski definition) is 10. The van der Waals surface area contributed by atoms with Crippen molar-refractivity contribution >= 4 is 53.0 Å². The van der Waals surface area contributed by atoms with Gasteiger partial charge < -0.3 is 41.3 Å². The lowest BCUT2D eigenvalue weighted by Crippen LogP contribution is -2.58. The molecule has 17 nitrogen and oxygen atoms in total. The lowest BCUT2D eigenvalue weighted by atomic mass is 10.0. The number of likely N-dealkylation sites (tertiary alicyclic amines) is 1. The van der Waals surface area contributed by atoms with Crippen LogP contribution in [0.2, 0.25) is 0 Å². The van der Waals surface area contributed by atoms with Crippen molar-refractivity contribution in [1.82, 2.24) is 30.7 Å². The van der Waals surface area contributed by atoms with Gasteiger partial charge in [0.1, 0.15) is 18.1 Å². The van der Waals surface area contributed by atoms with E-state index in [-0.39, 0.29) is 37.3 Å². The lowest BCUT2D eigenvalue weighted by Gasteiger charge is -2.31. The van der Waals surface area contributed by atoms with E-state index in [9.17, 15) is 38.7 Å². The van der Waals surface area contributed by atoms with Crippen LogP contribution in [0, 0.1) is 12.8 Å². The molecule has 0 saturated carbocycles. The van der Waals surface area contributed by atoms with E-state index in [1.165, 1.54) is 0 Å². The number of benzene rings is 2. The van der Waals surface area contributed by atoms with Gasteiger partial charge in [-0.1, -0.05) is 50.2 Å². The maximum Gasteiger partial charge on any atom is 0.323 e. The number of aromatic nitrogens is 1. The Kier molecular flexibility index (Phi) is 18.8. The van der Waals surface area contributed by atoms with E-state index >= 15 is 0 Å². The summed E-state index contributed by atoms with van der Waals surface area (Å²) < 4.78 is 4.84. The van der Waals surface area contributed by atoms with Crippen molar-refractivity contribution in [3.63, 3.8) is 0 Å². The third-order valence-electron chi connectivity index (χ3n) is 10.6. The average molecular weight is 857 g/mol. The number of unbranched alkanes of at least 4 members (excludes halogenated alkanes) is 1. The Morgan fingerprint density at radius 1 is 0.887 bits per heavy atom. The molecule has 2 aromatic carbocycles. The third-order valence-corrected chi connectivity index (χ3v) is 10.6. The highest BCUT2D eigenvalue weighted by molar-refractivity contribution is 6.00.